The van der Waals surface area contributed by atoms with Crippen LogP contribution in [0.3, 0.4) is 0 Å². The van der Waals surface area contributed by atoms with E-state index >= 15 is 0 Å². The zero-order valence-corrected chi connectivity index (χ0v) is 12.8. The topological polar surface area (TPSA) is 83.8 Å². The lowest BCUT2D eigenvalue weighted by atomic mass is 9.85. The van der Waals surface area contributed by atoms with Crippen molar-refractivity contribution in [2.45, 2.75) is 59.4 Å². The third kappa shape index (κ3) is 4.67. The Hall–Kier alpha value is -1.36. The van der Waals surface area contributed by atoms with E-state index in [1.54, 1.807) is 0 Å². The van der Waals surface area contributed by atoms with Crippen LogP contribution in [0, 0.1) is 5.41 Å². The lowest BCUT2D eigenvalue weighted by Gasteiger charge is -2.26. The van der Waals surface area contributed by atoms with Gasteiger partial charge in [0.15, 0.2) is 5.82 Å². The highest BCUT2D eigenvalue weighted by Gasteiger charge is 2.24. The van der Waals surface area contributed by atoms with Crippen LogP contribution in [0.25, 0.3) is 0 Å². The number of nitrogens with two attached hydrogens (primary N) is 1. The van der Waals surface area contributed by atoms with Crippen molar-refractivity contribution in [3.63, 3.8) is 0 Å². The molecule has 1 unspecified atom stereocenters. The van der Waals surface area contributed by atoms with Gasteiger partial charge >= 0.3 is 0 Å². The van der Waals surface area contributed by atoms with Crippen molar-refractivity contribution in [3.8, 4) is 0 Å². The van der Waals surface area contributed by atoms with Crippen molar-refractivity contribution in [3.05, 3.63) is 11.8 Å². The summed E-state index contributed by atoms with van der Waals surface area (Å²) in [6.07, 6.45) is 0.293. The third-order valence-corrected chi connectivity index (χ3v) is 3.17. The van der Waals surface area contributed by atoms with Crippen molar-refractivity contribution < 1.29 is 4.79 Å². The number of nitrogens with one attached hydrogen (secondary N) is 2. The Morgan fingerprint density at radius 1 is 1.37 bits per heavy atom. The molecule has 0 radical (unpaired) electrons. The van der Waals surface area contributed by atoms with Gasteiger partial charge in [-0.15, -0.1) is 0 Å². The molecule has 1 aromatic heterocycles. The molecule has 108 valence electrons. The van der Waals surface area contributed by atoms with Gasteiger partial charge in [-0.25, -0.2) is 0 Å². The van der Waals surface area contributed by atoms with Crippen molar-refractivity contribution in [1.29, 1.82) is 0 Å². The van der Waals surface area contributed by atoms with E-state index < -0.39 is 0 Å². The molecule has 1 heterocycles. The third-order valence-electron chi connectivity index (χ3n) is 3.17. The first kappa shape index (κ1) is 15.7. The van der Waals surface area contributed by atoms with Gasteiger partial charge in [-0.2, -0.15) is 5.10 Å². The van der Waals surface area contributed by atoms with E-state index in [2.05, 4.69) is 36.3 Å². The molecule has 0 aliphatic carbocycles. The highest BCUT2D eigenvalue weighted by molar-refractivity contribution is 5.90. The van der Waals surface area contributed by atoms with Gasteiger partial charge in [0.1, 0.15) is 0 Å². The minimum atomic E-state index is -0.173. The van der Waals surface area contributed by atoms with Gasteiger partial charge < -0.3 is 11.1 Å². The van der Waals surface area contributed by atoms with Crippen molar-refractivity contribution in [2.75, 3.05) is 5.32 Å². The summed E-state index contributed by atoms with van der Waals surface area (Å²) in [7, 11) is 0. The molecular weight excluding hydrogens is 240 g/mol. The molecule has 0 spiro atoms. The maximum absolute atomic E-state index is 11.9. The van der Waals surface area contributed by atoms with Gasteiger partial charge in [0.05, 0.1) is 0 Å². The van der Waals surface area contributed by atoms with E-state index in [0.717, 1.165) is 5.69 Å². The Kier molecular flexibility index (Phi) is 4.40. The summed E-state index contributed by atoms with van der Waals surface area (Å²) < 4.78 is 0. The van der Waals surface area contributed by atoms with Crippen LogP contribution in [-0.4, -0.2) is 22.1 Å². The van der Waals surface area contributed by atoms with Crippen LogP contribution in [0.4, 0.5) is 5.82 Å². The predicted octanol–water partition coefficient (Wildman–Crippen LogP) is 2.41. The minimum Gasteiger partial charge on any atom is -0.327 e. The Labute approximate surface area is 115 Å². The average molecular weight is 266 g/mol. The lowest BCUT2D eigenvalue weighted by Crippen LogP contribution is -2.38. The van der Waals surface area contributed by atoms with Gasteiger partial charge in [0, 0.05) is 29.6 Å². The van der Waals surface area contributed by atoms with E-state index in [1.807, 2.05) is 26.8 Å². The molecule has 1 rings (SSSR count). The quantitative estimate of drug-likeness (QED) is 0.785. The normalized spacial score (nSPS) is 14.3. The first-order valence-corrected chi connectivity index (χ1v) is 6.61. The molecule has 0 saturated heterocycles. The van der Waals surface area contributed by atoms with Crippen LogP contribution in [0.5, 0.6) is 0 Å². The van der Waals surface area contributed by atoms with Gasteiger partial charge in [0.25, 0.3) is 0 Å². The molecule has 5 heteroatoms. The summed E-state index contributed by atoms with van der Waals surface area (Å²) in [6, 6.07) is 1.69. The summed E-state index contributed by atoms with van der Waals surface area (Å²) in [6.45, 7) is 12.3. The summed E-state index contributed by atoms with van der Waals surface area (Å²) in [4.78, 5) is 11.9. The van der Waals surface area contributed by atoms with Crippen LogP contribution < -0.4 is 11.1 Å². The van der Waals surface area contributed by atoms with Crippen LogP contribution in [-0.2, 0) is 10.2 Å². The summed E-state index contributed by atoms with van der Waals surface area (Å²) in [5.41, 5.74) is 6.88. The molecule has 5 nitrogen and oxygen atoms in total. The monoisotopic (exact) mass is 266 g/mol. The van der Waals surface area contributed by atoms with Gasteiger partial charge in [-0.05, 0) is 5.41 Å². The molecule has 0 aromatic carbocycles. The fraction of sp³-hybridized carbons (Fsp3) is 0.714. The first-order chi connectivity index (χ1) is 8.50. The molecule has 0 bridgehead atoms. The largest absolute Gasteiger partial charge is 0.327 e. The molecule has 0 saturated carbocycles. The van der Waals surface area contributed by atoms with Crippen molar-refractivity contribution in [1.82, 2.24) is 10.2 Å². The molecule has 0 fully saturated rings. The van der Waals surface area contributed by atoms with E-state index in [-0.39, 0.29) is 22.8 Å². The molecular formula is C14H26N4O. The molecule has 0 aliphatic heterocycles. The van der Waals surface area contributed by atoms with E-state index in [1.165, 1.54) is 0 Å². The highest BCUT2D eigenvalue weighted by atomic mass is 16.1. The van der Waals surface area contributed by atoms with E-state index in [9.17, 15) is 4.79 Å². The molecule has 19 heavy (non-hydrogen) atoms. The number of amides is 1. The maximum atomic E-state index is 11.9. The van der Waals surface area contributed by atoms with Crippen molar-refractivity contribution >= 4 is 11.7 Å². The summed E-state index contributed by atoms with van der Waals surface area (Å²) in [5, 5.41) is 9.81. The summed E-state index contributed by atoms with van der Waals surface area (Å²) >= 11 is 0. The van der Waals surface area contributed by atoms with Crippen LogP contribution >= 0.6 is 0 Å². The fourth-order valence-electron chi connectivity index (χ4n) is 1.47. The van der Waals surface area contributed by atoms with Crippen LogP contribution in [0.2, 0.25) is 0 Å². The second-order valence-corrected chi connectivity index (χ2v) is 7.14. The number of H-pyrrole nitrogens is 1. The molecule has 1 aromatic rings. The number of carbonyl (C=O) groups excluding carboxylic acids is 1. The summed E-state index contributed by atoms with van der Waals surface area (Å²) in [5.74, 6) is 0.449. The predicted molar refractivity (Wildman–Crippen MR) is 78.0 cm³/mol. The molecule has 1 amide bonds. The second-order valence-electron chi connectivity index (χ2n) is 7.14. The smallest absolute Gasteiger partial charge is 0.227 e. The number of nitrogens with zero attached hydrogens (tertiary/aromatic N) is 1. The number of anilines is 1. The van der Waals surface area contributed by atoms with Crippen LogP contribution in [0.1, 0.15) is 53.7 Å². The van der Waals surface area contributed by atoms with Gasteiger partial charge in [-0.1, -0.05) is 41.5 Å². The van der Waals surface area contributed by atoms with Gasteiger partial charge in [-0.3, -0.25) is 9.89 Å². The SMILES string of the molecule is CC(C)(C)c1cc(NC(=O)CC(N)C(C)(C)C)n[nH]1. The number of aromatic amines is 1. The standard InChI is InChI=1S/C14H26N4O/c1-13(2,3)9(15)7-12(19)16-11-8-10(17-18-11)14(4,5)6/h8-9H,7,15H2,1-6H3,(H2,16,17,18,19). The Morgan fingerprint density at radius 2 is 1.95 bits per heavy atom. The average Bonchev–Trinajstić information content (AvgIpc) is 2.63. The van der Waals surface area contributed by atoms with E-state index in [0.29, 0.717) is 12.2 Å². The number of rotatable bonds is 3. The van der Waals surface area contributed by atoms with Crippen LogP contribution in [0.15, 0.2) is 6.07 Å². The Morgan fingerprint density at radius 3 is 2.37 bits per heavy atom. The maximum Gasteiger partial charge on any atom is 0.227 e. The zero-order valence-electron chi connectivity index (χ0n) is 12.8. The number of aromatic nitrogens is 2. The first-order valence-electron chi connectivity index (χ1n) is 6.61. The lowest BCUT2D eigenvalue weighted by molar-refractivity contribution is -0.117. The Bertz CT molecular complexity index is 437. The van der Waals surface area contributed by atoms with Gasteiger partial charge in [0.2, 0.25) is 5.91 Å². The number of carbonyl (C=O) groups is 1. The highest BCUT2D eigenvalue weighted by Crippen LogP contribution is 2.23. The molecule has 1 atom stereocenters. The zero-order chi connectivity index (χ0) is 14.8. The Balaban J connectivity index is 2.61. The number of hydrogen-bond donors (Lipinski definition) is 3. The second kappa shape index (κ2) is 5.33. The molecule has 0 aliphatic rings. The van der Waals surface area contributed by atoms with Crippen molar-refractivity contribution in [2.24, 2.45) is 11.1 Å². The molecule has 4 N–H and O–H groups in total. The van der Waals surface area contributed by atoms with E-state index in [4.69, 9.17) is 5.73 Å². The fourth-order valence-corrected chi connectivity index (χ4v) is 1.47. The minimum absolute atomic E-state index is 0.0161. The number of hydrogen-bond acceptors (Lipinski definition) is 3.